The molecule has 0 spiro atoms. The van der Waals surface area contributed by atoms with Crippen LogP contribution >= 0.6 is 0 Å². The molecule has 2 nitrogen and oxygen atoms in total. The van der Waals surface area contributed by atoms with E-state index in [9.17, 15) is 4.39 Å². The van der Waals surface area contributed by atoms with E-state index < -0.39 is 0 Å². The Bertz CT molecular complexity index is 446. The molecule has 0 radical (unpaired) electrons. The van der Waals surface area contributed by atoms with Gasteiger partial charge in [-0.05, 0) is 24.6 Å². The van der Waals surface area contributed by atoms with Crippen molar-refractivity contribution in [3.63, 3.8) is 0 Å². The van der Waals surface area contributed by atoms with Crippen LogP contribution < -0.4 is 4.74 Å². The molecule has 0 saturated heterocycles. The van der Waals surface area contributed by atoms with Gasteiger partial charge in [0.25, 0.3) is 0 Å². The van der Waals surface area contributed by atoms with E-state index >= 15 is 0 Å². The van der Waals surface area contributed by atoms with Crippen LogP contribution in [0.1, 0.15) is 51.0 Å². The number of ether oxygens (including phenoxy) is 1. The minimum Gasteiger partial charge on any atom is -0.492 e. The van der Waals surface area contributed by atoms with Crippen molar-refractivity contribution in [2.24, 2.45) is 0 Å². The van der Waals surface area contributed by atoms with Gasteiger partial charge in [-0.25, -0.2) is 4.39 Å². The first-order valence-corrected chi connectivity index (χ1v) is 7.30. The van der Waals surface area contributed by atoms with E-state index in [1.54, 1.807) is 6.07 Å². The predicted octanol–water partition coefficient (Wildman–Crippen LogP) is 3.91. The van der Waals surface area contributed by atoms with Crippen LogP contribution in [0, 0.1) is 17.7 Å². The molecule has 110 valence electrons. The number of hydrogen-bond acceptors (Lipinski definition) is 2. The molecule has 0 saturated carbocycles. The van der Waals surface area contributed by atoms with Crippen LogP contribution in [0.2, 0.25) is 0 Å². The molecular formula is C17H23FO2. The third kappa shape index (κ3) is 6.58. The molecule has 0 fully saturated rings. The van der Waals surface area contributed by atoms with Crippen molar-refractivity contribution in [3.05, 3.63) is 29.6 Å². The SMILES string of the molecule is CCCCCCCOc1ccc(F)cc1C#CCCO. The molecule has 0 bridgehead atoms. The summed E-state index contributed by atoms with van der Waals surface area (Å²) in [5.41, 5.74) is 0.548. The molecule has 20 heavy (non-hydrogen) atoms. The Morgan fingerprint density at radius 1 is 1.20 bits per heavy atom. The van der Waals surface area contributed by atoms with E-state index in [1.165, 1.54) is 31.4 Å². The van der Waals surface area contributed by atoms with Gasteiger partial charge in [-0.2, -0.15) is 0 Å². The lowest BCUT2D eigenvalue weighted by molar-refractivity contribution is 0.303. The van der Waals surface area contributed by atoms with E-state index in [0.717, 1.165) is 12.8 Å². The first kappa shape index (κ1) is 16.5. The maximum absolute atomic E-state index is 13.2. The highest BCUT2D eigenvalue weighted by atomic mass is 19.1. The van der Waals surface area contributed by atoms with Crippen LogP contribution in [0.5, 0.6) is 5.75 Å². The fourth-order valence-electron chi connectivity index (χ4n) is 1.83. The van der Waals surface area contributed by atoms with Gasteiger partial charge < -0.3 is 9.84 Å². The number of aliphatic hydroxyl groups is 1. The maximum atomic E-state index is 13.2. The van der Waals surface area contributed by atoms with Crippen molar-refractivity contribution in [1.82, 2.24) is 0 Å². The van der Waals surface area contributed by atoms with Crippen LogP contribution in [0.15, 0.2) is 18.2 Å². The first-order chi connectivity index (χ1) is 9.77. The van der Waals surface area contributed by atoms with Gasteiger partial charge in [-0.3, -0.25) is 0 Å². The maximum Gasteiger partial charge on any atom is 0.135 e. The van der Waals surface area contributed by atoms with Gasteiger partial charge in [0.05, 0.1) is 18.8 Å². The monoisotopic (exact) mass is 278 g/mol. The van der Waals surface area contributed by atoms with E-state index in [4.69, 9.17) is 9.84 Å². The zero-order valence-corrected chi connectivity index (χ0v) is 12.1. The van der Waals surface area contributed by atoms with E-state index in [-0.39, 0.29) is 12.4 Å². The second kappa shape index (κ2) is 10.3. The second-order valence-corrected chi connectivity index (χ2v) is 4.68. The molecule has 0 aliphatic carbocycles. The predicted molar refractivity (Wildman–Crippen MR) is 79.2 cm³/mol. The largest absolute Gasteiger partial charge is 0.492 e. The van der Waals surface area contributed by atoms with Crippen molar-refractivity contribution in [1.29, 1.82) is 0 Å². The summed E-state index contributed by atoms with van der Waals surface area (Å²) < 4.78 is 18.9. The lowest BCUT2D eigenvalue weighted by atomic mass is 10.1. The molecule has 1 aromatic carbocycles. The van der Waals surface area contributed by atoms with Crippen molar-refractivity contribution in [3.8, 4) is 17.6 Å². The van der Waals surface area contributed by atoms with Crippen LogP contribution in [0.3, 0.4) is 0 Å². The summed E-state index contributed by atoms with van der Waals surface area (Å²) in [5.74, 6) is 5.92. The molecule has 0 aliphatic heterocycles. The number of aliphatic hydroxyl groups excluding tert-OH is 1. The molecule has 0 aromatic heterocycles. The van der Waals surface area contributed by atoms with Crippen LogP contribution in [-0.2, 0) is 0 Å². The van der Waals surface area contributed by atoms with Gasteiger partial charge in [0, 0.05) is 6.42 Å². The molecule has 0 amide bonds. The Kier molecular flexibility index (Phi) is 8.49. The third-order valence-electron chi connectivity index (χ3n) is 2.91. The smallest absolute Gasteiger partial charge is 0.135 e. The van der Waals surface area contributed by atoms with Crippen molar-refractivity contribution < 1.29 is 14.2 Å². The highest BCUT2D eigenvalue weighted by Crippen LogP contribution is 2.19. The average Bonchev–Trinajstić information content (AvgIpc) is 2.45. The van der Waals surface area contributed by atoms with E-state index in [2.05, 4.69) is 18.8 Å². The molecule has 1 rings (SSSR count). The fourth-order valence-corrected chi connectivity index (χ4v) is 1.83. The Labute approximate surface area is 121 Å². The normalized spacial score (nSPS) is 9.95. The van der Waals surface area contributed by atoms with E-state index in [1.807, 2.05) is 0 Å². The molecule has 3 heteroatoms. The quantitative estimate of drug-likeness (QED) is 0.577. The van der Waals surface area contributed by atoms with Gasteiger partial charge in [-0.1, -0.05) is 44.4 Å². The molecular weight excluding hydrogens is 255 g/mol. The van der Waals surface area contributed by atoms with Gasteiger partial charge >= 0.3 is 0 Å². The summed E-state index contributed by atoms with van der Waals surface area (Å²) in [6.45, 7) is 2.83. The molecule has 0 unspecified atom stereocenters. The lowest BCUT2D eigenvalue weighted by Gasteiger charge is -2.08. The van der Waals surface area contributed by atoms with Crippen molar-refractivity contribution >= 4 is 0 Å². The summed E-state index contributed by atoms with van der Waals surface area (Å²) in [6, 6.07) is 4.37. The average molecular weight is 278 g/mol. The Morgan fingerprint density at radius 2 is 2.00 bits per heavy atom. The topological polar surface area (TPSA) is 29.5 Å². The van der Waals surface area contributed by atoms with Crippen molar-refractivity contribution in [2.75, 3.05) is 13.2 Å². The standard InChI is InChI=1S/C17H23FO2/c1-2-3-4-5-8-13-20-17-11-10-16(18)14-15(17)9-6-7-12-19/h10-11,14,19H,2-5,7-8,12-13H2,1H3. The Morgan fingerprint density at radius 3 is 2.75 bits per heavy atom. The minimum absolute atomic E-state index is 0.00986. The fraction of sp³-hybridized carbons (Fsp3) is 0.529. The molecule has 0 heterocycles. The summed E-state index contributed by atoms with van der Waals surface area (Å²) in [4.78, 5) is 0. The Hall–Kier alpha value is -1.53. The summed E-state index contributed by atoms with van der Waals surface area (Å²) in [6.07, 6.45) is 6.25. The van der Waals surface area contributed by atoms with E-state index in [0.29, 0.717) is 24.3 Å². The highest BCUT2D eigenvalue weighted by Gasteiger charge is 2.03. The zero-order chi connectivity index (χ0) is 14.6. The van der Waals surface area contributed by atoms with Crippen LogP contribution in [0.4, 0.5) is 4.39 Å². The van der Waals surface area contributed by atoms with Crippen LogP contribution in [-0.4, -0.2) is 18.3 Å². The summed E-state index contributed by atoms with van der Waals surface area (Å²) in [5, 5.41) is 8.70. The summed E-state index contributed by atoms with van der Waals surface area (Å²) >= 11 is 0. The van der Waals surface area contributed by atoms with Gasteiger partial charge in [-0.15, -0.1) is 0 Å². The molecule has 1 N–H and O–H groups in total. The number of halogens is 1. The van der Waals surface area contributed by atoms with Gasteiger partial charge in [0.1, 0.15) is 11.6 Å². The van der Waals surface area contributed by atoms with Gasteiger partial charge in [0.2, 0.25) is 0 Å². The second-order valence-electron chi connectivity index (χ2n) is 4.68. The van der Waals surface area contributed by atoms with Crippen LogP contribution in [0.25, 0.3) is 0 Å². The number of unbranched alkanes of at least 4 members (excludes halogenated alkanes) is 4. The molecule has 1 aromatic rings. The number of benzene rings is 1. The third-order valence-corrected chi connectivity index (χ3v) is 2.91. The summed E-state index contributed by atoms with van der Waals surface area (Å²) in [7, 11) is 0. The Balaban J connectivity index is 2.50. The number of rotatable bonds is 8. The lowest BCUT2D eigenvalue weighted by Crippen LogP contribution is -1.99. The van der Waals surface area contributed by atoms with Crippen molar-refractivity contribution in [2.45, 2.75) is 45.4 Å². The van der Waals surface area contributed by atoms with Gasteiger partial charge in [0.15, 0.2) is 0 Å². The minimum atomic E-state index is -0.325. The molecule has 0 atom stereocenters. The highest BCUT2D eigenvalue weighted by molar-refractivity contribution is 5.46. The molecule has 0 aliphatic rings. The first-order valence-electron chi connectivity index (χ1n) is 7.30. The zero-order valence-electron chi connectivity index (χ0n) is 12.1. The number of hydrogen-bond donors (Lipinski definition) is 1.